The van der Waals surface area contributed by atoms with Crippen LogP contribution >= 0.6 is 0 Å². The van der Waals surface area contributed by atoms with Crippen LogP contribution in [0.25, 0.3) is 89.1 Å². The van der Waals surface area contributed by atoms with E-state index in [0.717, 1.165) is 21.9 Å². The molecule has 0 spiro atoms. The molecule has 0 saturated carbocycles. The zero-order valence-electron chi connectivity index (χ0n) is 35.5. The summed E-state index contributed by atoms with van der Waals surface area (Å²) in [6.07, 6.45) is 0. The Kier molecular flexibility index (Phi) is 4.27. The molecular formula is C43H27N3O. The molecule has 2 heterocycles. The third-order valence-corrected chi connectivity index (χ3v) is 7.92. The molecule has 0 aliphatic carbocycles. The summed E-state index contributed by atoms with van der Waals surface area (Å²) < 4.78 is 103. The van der Waals surface area contributed by atoms with Gasteiger partial charge in [-0.15, -0.1) is 0 Å². The van der Waals surface area contributed by atoms with E-state index < -0.39 is 54.4 Å². The van der Waals surface area contributed by atoms with E-state index in [9.17, 15) is 2.74 Å². The second-order valence-electron chi connectivity index (χ2n) is 10.8. The lowest BCUT2D eigenvalue weighted by Crippen LogP contribution is -2.00. The minimum Gasteiger partial charge on any atom is -0.456 e. The molecule has 9 rings (SSSR count). The fourth-order valence-electron chi connectivity index (χ4n) is 5.75. The van der Waals surface area contributed by atoms with Crippen LogP contribution in [-0.4, -0.2) is 15.0 Å². The van der Waals surface area contributed by atoms with Gasteiger partial charge in [-0.3, -0.25) is 0 Å². The molecule has 4 nitrogen and oxygen atoms in total. The third-order valence-electron chi connectivity index (χ3n) is 7.92. The molecular weight excluding hydrogens is 574 g/mol. The first-order chi connectivity index (χ1) is 27.9. The summed E-state index contributed by atoms with van der Waals surface area (Å²) in [4.78, 5) is 14.0. The summed E-state index contributed by atoms with van der Waals surface area (Å²) in [5.41, 5.74) is 3.34. The lowest BCUT2D eigenvalue weighted by molar-refractivity contribution is 0.669. The highest BCUT2D eigenvalue weighted by atomic mass is 16.3. The van der Waals surface area contributed by atoms with Crippen LogP contribution in [0.3, 0.4) is 0 Å². The Morgan fingerprint density at radius 1 is 0.447 bits per heavy atom. The maximum atomic E-state index is 9.24. The average molecular weight is 613 g/mol. The summed E-state index contributed by atoms with van der Waals surface area (Å²) in [5.74, 6) is -0.691. The third kappa shape index (κ3) is 4.84. The van der Waals surface area contributed by atoms with Crippen molar-refractivity contribution in [2.75, 3.05) is 0 Å². The van der Waals surface area contributed by atoms with E-state index in [4.69, 9.17) is 21.7 Å². The Morgan fingerprint density at radius 2 is 1.17 bits per heavy atom. The number of benzene rings is 7. The predicted octanol–water partition coefficient (Wildman–Crippen LogP) is 11.3. The van der Waals surface area contributed by atoms with E-state index >= 15 is 0 Å². The molecule has 9 aromatic rings. The maximum Gasteiger partial charge on any atom is 0.164 e. The lowest BCUT2D eigenvalue weighted by atomic mass is 9.97. The molecule has 0 saturated heterocycles. The molecule has 4 heteroatoms. The number of para-hydroxylation sites is 1. The minimum atomic E-state index is -0.625. The molecule has 0 atom stereocenters. The molecule has 0 fully saturated rings. The first-order valence-corrected chi connectivity index (χ1v) is 14.8. The van der Waals surface area contributed by atoms with Crippen LogP contribution in [0, 0.1) is 0 Å². The topological polar surface area (TPSA) is 51.8 Å². The van der Waals surface area contributed by atoms with Gasteiger partial charge >= 0.3 is 0 Å². The lowest BCUT2D eigenvalue weighted by Gasteiger charge is -2.12. The quantitative estimate of drug-likeness (QED) is 0.194. The Hall–Kier alpha value is -6.39. The van der Waals surface area contributed by atoms with Crippen LogP contribution in [-0.2, 0) is 0 Å². The van der Waals surface area contributed by atoms with Crippen molar-refractivity contribution in [3.05, 3.63) is 164 Å². The number of aromatic nitrogens is 3. The van der Waals surface area contributed by atoms with Crippen molar-refractivity contribution in [2.45, 2.75) is 0 Å². The van der Waals surface area contributed by atoms with Gasteiger partial charge in [0.25, 0.3) is 0 Å². The molecule has 0 aliphatic heterocycles. The monoisotopic (exact) mass is 612 g/mol. The van der Waals surface area contributed by atoms with E-state index in [1.165, 1.54) is 0 Å². The van der Waals surface area contributed by atoms with Crippen molar-refractivity contribution in [1.29, 1.82) is 0 Å². The highest BCUT2D eigenvalue weighted by molar-refractivity contribution is 6.12. The van der Waals surface area contributed by atoms with Gasteiger partial charge in [-0.25, -0.2) is 15.0 Å². The largest absolute Gasteiger partial charge is 0.456 e. The van der Waals surface area contributed by atoms with Crippen LogP contribution in [0.2, 0.25) is 0 Å². The van der Waals surface area contributed by atoms with Gasteiger partial charge in [-0.1, -0.05) is 139 Å². The Bertz CT molecular complexity index is 3180. The SMILES string of the molecule is [2H]c1c([2H])c([2H])c(-c2nc(-c3cccc(-c4cccc5oc6ccccc6c45)c3)nc(-c3c([2H])c([2H])c([2H])c4c([2H])c(-c5ccccc5)c([2H])c([2H])c34)n2)c([2H])c1[2H]. The van der Waals surface area contributed by atoms with Gasteiger partial charge in [0.2, 0.25) is 0 Å². The minimum absolute atomic E-state index is 0.0310. The molecule has 0 aliphatic rings. The smallest absolute Gasteiger partial charge is 0.164 e. The number of fused-ring (bicyclic) bond motifs is 4. The van der Waals surface area contributed by atoms with Crippen molar-refractivity contribution in [3.63, 3.8) is 0 Å². The van der Waals surface area contributed by atoms with Gasteiger partial charge in [-0.05, 0) is 57.3 Å². The highest BCUT2D eigenvalue weighted by Crippen LogP contribution is 2.38. The molecule has 7 aromatic carbocycles. The molecule has 0 bridgehead atoms. The fraction of sp³-hybridized carbons (Fsp3) is 0. The summed E-state index contributed by atoms with van der Waals surface area (Å²) in [6.45, 7) is 0. The second kappa shape index (κ2) is 11.2. The van der Waals surface area contributed by atoms with Gasteiger partial charge in [0.1, 0.15) is 11.2 Å². The van der Waals surface area contributed by atoms with Crippen molar-refractivity contribution in [2.24, 2.45) is 0 Å². The molecule has 0 unspecified atom stereocenters. The number of hydrogen-bond donors (Lipinski definition) is 0. The van der Waals surface area contributed by atoms with Gasteiger partial charge in [0, 0.05) is 27.5 Å². The van der Waals surface area contributed by atoms with Crippen LogP contribution in [0.4, 0.5) is 0 Å². The fourth-order valence-corrected chi connectivity index (χ4v) is 5.75. The Labute approximate surface area is 287 Å². The number of rotatable bonds is 5. The molecule has 2 aromatic heterocycles. The Morgan fingerprint density at radius 3 is 2.06 bits per heavy atom. The second-order valence-corrected chi connectivity index (χ2v) is 10.8. The number of furan rings is 1. The highest BCUT2D eigenvalue weighted by Gasteiger charge is 2.17. The van der Waals surface area contributed by atoms with E-state index in [0.29, 0.717) is 22.3 Å². The van der Waals surface area contributed by atoms with Crippen molar-refractivity contribution >= 4 is 32.7 Å². The summed E-state index contributed by atoms with van der Waals surface area (Å²) in [7, 11) is 0. The van der Waals surface area contributed by atoms with E-state index in [-0.39, 0.29) is 57.0 Å². The van der Waals surface area contributed by atoms with Crippen LogP contribution in [0.5, 0.6) is 0 Å². The average Bonchev–Trinajstić information content (AvgIpc) is 3.63. The molecule has 47 heavy (non-hydrogen) atoms. The summed E-state index contributed by atoms with van der Waals surface area (Å²) in [6, 6.07) is 23.4. The first kappa shape index (κ1) is 17.9. The molecule has 0 radical (unpaired) electrons. The van der Waals surface area contributed by atoms with Crippen molar-refractivity contribution < 1.29 is 19.5 Å². The summed E-state index contributed by atoms with van der Waals surface area (Å²) >= 11 is 0. The van der Waals surface area contributed by atoms with Gasteiger partial charge in [0.15, 0.2) is 17.5 Å². The first-order valence-electron chi connectivity index (χ1n) is 20.3. The van der Waals surface area contributed by atoms with Gasteiger partial charge in [0.05, 0.1) is 15.1 Å². The van der Waals surface area contributed by atoms with Crippen LogP contribution in [0.15, 0.2) is 168 Å². The zero-order valence-corrected chi connectivity index (χ0v) is 24.5. The van der Waals surface area contributed by atoms with Crippen LogP contribution < -0.4 is 0 Å². The van der Waals surface area contributed by atoms with Crippen LogP contribution in [0.1, 0.15) is 15.1 Å². The van der Waals surface area contributed by atoms with Gasteiger partial charge in [-0.2, -0.15) is 0 Å². The Balaban J connectivity index is 1.36. The van der Waals surface area contributed by atoms with E-state index in [1.54, 1.807) is 42.5 Å². The number of hydrogen-bond acceptors (Lipinski definition) is 4. The maximum absolute atomic E-state index is 9.24. The number of nitrogens with zero attached hydrogens (tertiary/aromatic N) is 3. The van der Waals surface area contributed by atoms with E-state index in [1.807, 2.05) is 54.6 Å². The molecule has 220 valence electrons. The van der Waals surface area contributed by atoms with Gasteiger partial charge < -0.3 is 4.42 Å². The molecule has 0 N–H and O–H groups in total. The predicted molar refractivity (Wildman–Crippen MR) is 192 cm³/mol. The van der Waals surface area contributed by atoms with Crippen molar-refractivity contribution in [3.8, 4) is 56.4 Å². The van der Waals surface area contributed by atoms with E-state index in [2.05, 4.69) is 9.97 Å². The van der Waals surface area contributed by atoms with Crippen molar-refractivity contribution in [1.82, 2.24) is 15.0 Å². The standard InChI is InChI=1S/C43H27N3O/c1-3-12-28(13-4-1)30-24-25-34-31(26-30)17-10-21-36(34)43-45-41(29-14-5-2-6-15-29)44-42(46-43)33-18-9-16-32(27-33)35-20-11-23-39-40(35)37-19-7-8-22-38(37)47-39/h1-27H/i2D,5D,6D,10D,14D,15D,17D,21D,24D,25D,26D. The summed E-state index contributed by atoms with van der Waals surface area (Å²) in [5, 5.41) is 1.44. The zero-order chi connectivity index (χ0) is 40.7. The molecule has 0 amide bonds. The normalized spacial score (nSPS) is 14.7.